The summed E-state index contributed by atoms with van der Waals surface area (Å²) >= 11 is 3.26. The highest BCUT2D eigenvalue weighted by molar-refractivity contribution is 9.10. The van der Waals surface area contributed by atoms with Crippen molar-refractivity contribution in [3.8, 4) is 0 Å². The zero-order valence-electron chi connectivity index (χ0n) is 11.5. The minimum Gasteiger partial charge on any atom is -0.326 e. The Hall–Kier alpha value is -0.450. The maximum absolute atomic E-state index is 13.8. The molecule has 2 N–H and O–H groups in total. The predicted molar refractivity (Wildman–Crippen MR) is 78.2 cm³/mol. The number of nitrogens with zero attached hydrogens (tertiary/aromatic N) is 1. The smallest absolute Gasteiger partial charge is 0.127 e. The van der Waals surface area contributed by atoms with Crippen molar-refractivity contribution in [1.82, 2.24) is 4.90 Å². The molecule has 2 unspecified atom stereocenters. The lowest BCUT2D eigenvalue weighted by molar-refractivity contribution is 0.131. The average Bonchev–Trinajstić information content (AvgIpc) is 2.31. The van der Waals surface area contributed by atoms with E-state index in [1.807, 2.05) is 20.2 Å². The normalized spacial score (nSPS) is 16.7. The second kappa shape index (κ2) is 6.13. The van der Waals surface area contributed by atoms with Crippen molar-refractivity contribution in [3.05, 3.63) is 34.1 Å². The molecule has 4 heteroatoms. The molecule has 2 atom stereocenters. The van der Waals surface area contributed by atoms with Crippen LogP contribution in [0, 0.1) is 5.82 Å². The van der Waals surface area contributed by atoms with Gasteiger partial charge in [-0.25, -0.2) is 4.39 Å². The van der Waals surface area contributed by atoms with Crippen molar-refractivity contribution >= 4 is 15.9 Å². The van der Waals surface area contributed by atoms with Crippen LogP contribution >= 0.6 is 15.9 Å². The molecule has 0 aliphatic carbocycles. The van der Waals surface area contributed by atoms with Crippen LogP contribution in [-0.2, 0) is 6.42 Å². The fourth-order valence-corrected chi connectivity index (χ4v) is 2.39. The first-order valence-corrected chi connectivity index (χ1v) is 6.97. The highest BCUT2D eigenvalue weighted by Gasteiger charge is 2.32. The molecule has 0 saturated carbocycles. The summed E-state index contributed by atoms with van der Waals surface area (Å²) in [4.78, 5) is 2.12. The van der Waals surface area contributed by atoms with Crippen LogP contribution in [0.25, 0.3) is 0 Å². The summed E-state index contributed by atoms with van der Waals surface area (Å²) in [6.07, 6.45) is 1.47. The van der Waals surface area contributed by atoms with Crippen LogP contribution in [0.15, 0.2) is 22.7 Å². The molecule has 0 heterocycles. The number of hydrogen-bond donors (Lipinski definition) is 1. The number of benzene rings is 1. The van der Waals surface area contributed by atoms with Gasteiger partial charge in [-0.15, -0.1) is 0 Å². The van der Waals surface area contributed by atoms with E-state index in [9.17, 15) is 4.39 Å². The number of likely N-dealkylation sites (N-methyl/N-ethyl adjacent to an activating group) is 1. The van der Waals surface area contributed by atoms with Crippen LogP contribution in [0.1, 0.15) is 25.8 Å². The molecule has 0 aliphatic rings. The maximum Gasteiger partial charge on any atom is 0.127 e. The van der Waals surface area contributed by atoms with E-state index in [2.05, 4.69) is 34.7 Å². The summed E-state index contributed by atoms with van der Waals surface area (Å²) in [6.45, 7) is 4.23. The maximum atomic E-state index is 13.8. The number of hydrogen-bond acceptors (Lipinski definition) is 2. The fourth-order valence-electron chi connectivity index (χ4n) is 2.05. The largest absolute Gasteiger partial charge is 0.326 e. The van der Waals surface area contributed by atoms with E-state index >= 15 is 0 Å². The van der Waals surface area contributed by atoms with Crippen LogP contribution in [0.2, 0.25) is 0 Å². The van der Waals surface area contributed by atoms with Crippen molar-refractivity contribution in [1.29, 1.82) is 0 Å². The fraction of sp³-hybridized carbons (Fsp3) is 0.571. The summed E-state index contributed by atoms with van der Waals surface area (Å²) in [5, 5.41) is 0. The molecule has 0 saturated heterocycles. The summed E-state index contributed by atoms with van der Waals surface area (Å²) in [7, 11) is 4.03. The van der Waals surface area contributed by atoms with E-state index in [4.69, 9.17) is 5.73 Å². The summed E-state index contributed by atoms with van der Waals surface area (Å²) in [5.41, 5.74) is 6.83. The summed E-state index contributed by atoms with van der Waals surface area (Å²) in [6, 6.07) is 5.03. The molecule has 0 bridgehead atoms. The zero-order valence-corrected chi connectivity index (χ0v) is 13.1. The van der Waals surface area contributed by atoms with Crippen LogP contribution in [-0.4, -0.2) is 30.6 Å². The SMILES string of the molecule is CCC(C)(C(N)Cc1ccc(Br)cc1F)N(C)C. The van der Waals surface area contributed by atoms with Crippen molar-refractivity contribution in [3.63, 3.8) is 0 Å². The Kier molecular flexibility index (Phi) is 5.32. The van der Waals surface area contributed by atoms with Crippen molar-refractivity contribution in [2.24, 2.45) is 5.73 Å². The quantitative estimate of drug-likeness (QED) is 0.904. The standard InChI is InChI=1S/C14H22BrFN2/c1-5-14(2,18(3)4)13(17)8-10-6-7-11(15)9-12(10)16/h6-7,9,13H,5,8,17H2,1-4H3. The second-order valence-electron chi connectivity index (χ2n) is 5.15. The van der Waals surface area contributed by atoms with Gasteiger partial charge in [-0.2, -0.15) is 0 Å². The van der Waals surface area contributed by atoms with Crippen molar-refractivity contribution < 1.29 is 4.39 Å². The first kappa shape index (κ1) is 15.6. The third-order valence-electron chi connectivity index (χ3n) is 3.99. The zero-order chi connectivity index (χ0) is 13.9. The highest BCUT2D eigenvalue weighted by atomic mass is 79.9. The Labute approximate surface area is 117 Å². The molecule has 0 aliphatic heterocycles. The van der Waals surface area contributed by atoms with Gasteiger partial charge in [0.1, 0.15) is 5.82 Å². The minimum absolute atomic E-state index is 0.104. The summed E-state index contributed by atoms with van der Waals surface area (Å²) < 4.78 is 14.6. The van der Waals surface area contributed by atoms with Crippen LogP contribution in [0.3, 0.4) is 0 Å². The van der Waals surface area contributed by atoms with Crippen molar-refractivity contribution in [2.75, 3.05) is 14.1 Å². The Morgan fingerprint density at radius 2 is 2.06 bits per heavy atom. The van der Waals surface area contributed by atoms with E-state index in [-0.39, 0.29) is 17.4 Å². The molecule has 1 aromatic rings. The van der Waals surface area contributed by atoms with E-state index in [0.717, 1.165) is 10.9 Å². The van der Waals surface area contributed by atoms with Crippen molar-refractivity contribution in [2.45, 2.75) is 38.3 Å². The van der Waals surface area contributed by atoms with Gasteiger partial charge in [0, 0.05) is 16.1 Å². The molecule has 0 amide bonds. The topological polar surface area (TPSA) is 29.3 Å². The molecule has 0 fully saturated rings. The van der Waals surface area contributed by atoms with Crippen LogP contribution in [0.5, 0.6) is 0 Å². The Balaban J connectivity index is 2.89. The molecule has 1 rings (SSSR count). The summed E-state index contributed by atoms with van der Waals surface area (Å²) in [5.74, 6) is -0.197. The second-order valence-corrected chi connectivity index (χ2v) is 6.07. The number of nitrogens with two attached hydrogens (primary N) is 1. The van der Waals surface area contributed by atoms with E-state index < -0.39 is 0 Å². The predicted octanol–water partition coefficient (Wildman–Crippen LogP) is 3.19. The number of halogens is 2. The molecular formula is C14H22BrFN2. The first-order valence-electron chi connectivity index (χ1n) is 6.18. The molecule has 0 radical (unpaired) electrons. The van der Waals surface area contributed by atoms with E-state index in [1.165, 1.54) is 6.07 Å². The average molecular weight is 317 g/mol. The minimum atomic E-state index is -0.197. The number of rotatable bonds is 5. The lowest BCUT2D eigenvalue weighted by Crippen LogP contribution is -2.55. The Bertz CT molecular complexity index is 409. The van der Waals surface area contributed by atoms with Gasteiger partial charge in [0.05, 0.1) is 0 Å². The third kappa shape index (κ3) is 3.31. The first-order chi connectivity index (χ1) is 8.31. The lowest BCUT2D eigenvalue weighted by atomic mass is 9.84. The van der Waals surface area contributed by atoms with Gasteiger partial charge in [-0.1, -0.05) is 28.9 Å². The van der Waals surface area contributed by atoms with Gasteiger partial charge in [0.15, 0.2) is 0 Å². The monoisotopic (exact) mass is 316 g/mol. The van der Waals surface area contributed by atoms with Crippen LogP contribution < -0.4 is 5.73 Å². The van der Waals surface area contributed by atoms with Crippen LogP contribution in [0.4, 0.5) is 4.39 Å². The molecule has 0 aromatic heterocycles. The van der Waals surface area contributed by atoms with Gasteiger partial charge in [-0.05, 0) is 51.6 Å². The van der Waals surface area contributed by atoms with Gasteiger partial charge in [0.25, 0.3) is 0 Å². The molecule has 2 nitrogen and oxygen atoms in total. The molecule has 0 spiro atoms. The molecular weight excluding hydrogens is 295 g/mol. The van der Waals surface area contributed by atoms with Gasteiger partial charge < -0.3 is 10.6 Å². The lowest BCUT2D eigenvalue weighted by Gasteiger charge is -2.41. The Morgan fingerprint density at radius 1 is 1.44 bits per heavy atom. The Morgan fingerprint density at radius 3 is 2.50 bits per heavy atom. The molecule has 1 aromatic carbocycles. The molecule has 18 heavy (non-hydrogen) atoms. The van der Waals surface area contributed by atoms with E-state index in [1.54, 1.807) is 6.07 Å². The van der Waals surface area contributed by atoms with Gasteiger partial charge in [0.2, 0.25) is 0 Å². The van der Waals surface area contributed by atoms with Gasteiger partial charge >= 0.3 is 0 Å². The molecule has 102 valence electrons. The van der Waals surface area contributed by atoms with E-state index in [0.29, 0.717) is 12.0 Å². The highest BCUT2D eigenvalue weighted by Crippen LogP contribution is 2.24. The van der Waals surface area contributed by atoms with Gasteiger partial charge in [-0.3, -0.25) is 0 Å². The third-order valence-corrected chi connectivity index (χ3v) is 4.48.